The number of nitrogens with zero attached hydrogens (tertiary/aromatic N) is 4. The predicted molar refractivity (Wildman–Crippen MR) is 104 cm³/mol. The fourth-order valence-corrected chi connectivity index (χ4v) is 4.38. The number of aryl methyl sites for hydroxylation is 2. The first-order chi connectivity index (χ1) is 12.6. The van der Waals surface area contributed by atoms with Crippen LogP contribution in [0.2, 0.25) is 0 Å². The van der Waals surface area contributed by atoms with Gasteiger partial charge in [-0.3, -0.25) is 0 Å². The van der Waals surface area contributed by atoms with E-state index in [9.17, 15) is 4.39 Å². The molecule has 0 atom stereocenters. The minimum atomic E-state index is -0.325. The monoisotopic (exact) mass is 372 g/mol. The van der Waals surface area contributed by atoms with Crippen LogP contribution in [0.25, 0.3) is 10.2 Å². The number of hydrogen-bond donors (Lipinski definition) is 0. The van der Waals surface area contributed by atoms with Crippen molar-refractivity contribution in [2.24, 2.45) is 0 Å². The molecule has 136 valence electrons. The summed E-state index contributed by atoms with van der Waals surface area (Å²) in [6.07, 6.45) is 0. The summed E-state index contributed by atoms with van der Waals surface area (Å²) in [7, 11) is 1.48. The Bertz CT molecular complexity index is 950. The Morgan fingerprint density at radius 3 is 2.50 bits per heavy atom. The molecule has 0 radical (unpaired) electrons. The van der Waals surface area contributed by atoms with E-state index in [4.69, 9.17) is 9.72 Å². The molecule has 3 aromatic rings. The molecule has 0 spiro atoms. The van der Waals surface area contributed by atoms with Crippen molar-refractivity contribution in [2.45, 2.75) is 13.8 Å². The second kappa shape index (κ2) is 6.72. The molecular formula is C19H21FN4OS. The Labute approximate surface area is 156 Å². The Hall–Kier alpha value is -2.41. The molecule has 5 nitrogen and oxygen atoms in total. The molecular weight excluding hydrogens is 351 g/mol. The number of hydrogen-bond acceptors (Lipinski definition) is 6. The van der Waals surface area contributed by atoms with Gasteiger partial charge in [-0.25, -0.2) is 14.4 Å². The van der Waals surface area contributed by atoms with E-state index in [1.54, 1.807) is 23.5 Å². The highest BCUT2D eigenvalue weighted by Gasteiger charge is 2.22. The number of methoxy groups -OCH3 is 1. The highest BCUT2D eigenvalue weighted by Crippen LogP contribution is 2.32. The van der Waals surface area contributed by atoms with E-state index in [1.807, 2.05) is 13.0 Å². The van der Waals surface area contributed by atoms with E-state index in [2.05, 4.69) is 27.1 Å². The van der Waals surface area contributed by atoms with Crippen LogP contribution in [0.4, 0.5) is 15.9 Å². The van der Waals surface area contributed by atoms with E-state index in [1.165, 1.54) is 12.7 Å². The summed E-state index contributed by atoms with van der Waals surface area (Å²) >= 11 is 1.67. The van der Waals surface area contributed by atoms with Crippen LogP contribution in [0.5, 0.6) is 5.75 Å². The van der Waals surface area contributed by atoms with E-state index in [-0.39, 0.29) is 11.6 Å². The Morgan fingerprint density at radius 2 is 1.81 bits per heavy atom. The van der Waals surface area contributed by atoms with Crippen molar-refractivity contribution in [2.75, 3.05) is 43.1 Å². The Morgan fingerprint density at radius 1 is 1.08 bits per heavy atom. The smallest absolute Gasteiger partial charge is 0.167 e. The predicted octanol–water partition coefficient (Wildman–Crippen LogP) is 3.78. The van der Waals surface area contributed by atoms with Gasteiger partial charge in [0.15, 0.2) is 11.6 Å². The van der Waals surface area contributed by atoms with Gasteiger partial charge in [0.2, 0.25) is 0 Å². The molecule has 1 aromatic carbocycles. The van der Waals surface area contributed by atoms with E-state index < -0.39 is 0 Å². The Kier molecular flexibility index (Phi) is 4.40. The normalized spacial score (nSPS) is 14.9. The zero-order valence-electron chi connectivity index (χ0n) is 15.1. The number of halogens is 1. The largest absolute Gasteiger partial charge is 0.494 e. The van der Waals surface area contributed by atoms with Crippen LogP contribution in [0.1, 0.15) is 11.4 Å². The van der Waals surface area contributed by atoms with Crippen LogP contribution in [-0.4, -0.2) is 43.3 Å². The number of piperazine rings is 1. The number of benzene rings is 1. The first-order valence-electron chi connectivity index (χ1n) is 8.62. The highest BCUT2D eigenvalue weighted by molar-refractivity contribution is 7.17. The second-order valence-corrected chi connectivity index (χ2v) is 7.34. The summed E-state index contributed by atoms with van der Waals surface area (Å²) in [5.74, 6) is 1.77. The van der Waals surface area contributed by atoms with Crippen LogP contribution >= 0.6 is 11.3 Å². The molecule has 7 heteroatoms. The molecule has 2 aromatic heterocycles. The topological polar surface area (TPSA) is 41.5 Å². The third-order valence-corrected chi connectivity index (χ3v) is 5.78. The summed E-state index contributed by atoms with van der Waals surface area (Å²) in [4.78, 5) is 14.8. The zero-order valence-corrected chi connectivity index (χ0v) is 15.9. The first-order valence-corrected chi connectivity index (χ1v) is 9.50. The lowest BCUT2D eigenvalue weighted by molar-refractivity contribution is 0.386. The standard InChI is InChI=1S/C19H21FN4OS/c1-12-11-26-19-17(12)18(21-13(2)22-19)24-8-6-23(7-9-24)14-4-5-16(25-3)15(20)10-14/h4-5,10-11H,6-9H2,1-3H3. The van der Waals surface area contributed by atoms with Crippen LogP contribution in [-0.2, 0) is 0 Å². The molecule has 26 heavy (non-hydrogen) atoms. The van der Waals surface area contributed by atoms with E-state index >= 15 is 0 Å². The van der Waals surface area contributed by atoms with E-state index in [0.29, 0.717) is 0 Å². The van der Waals surface area contributed by atoms with Gasteiger partial charge < -0.3 is 14.5 Å². The van der Waals surface area contributed by atoms with Crippen molar-refractivity contribution in [3.05, 3.63) is 40.8 Å². The lowest BCUT2D eigenvalue weighted by Gasteiger charge is -2.37. The van der Waals surface area contributed by atoms with Crippen molar-refractivity contribution in [1.82, 2.24) is 9.97 Å². The van der Waals surface area contributed by atoms with Crippen molar-refractivity contribution < 1.29 is 9.13 Å². The van der Waals surface area contributed by atoms with Crippen molar-refractivity contribution in [3.63, 3.8) is 0 Å². The molecule has 1 saturated heterocycles. The number of aromatic nitrogens is 2. The fourth-order valence-electron chi connectivity index (χ4n) is 3.42. The van der Waals surface area contributed by atoms with Crippen molar-refractivity contribution in [1.29, 1.82) is 0 Å². The molecule has 0 saturated carbocycles. The molecule has 3 heterocycles. The molecule has 1 fully saturated rings. The van der Waals surface area contributed by atoms with Gasteiger partial charge in [-0.05, 0) is 36.9 Å². The van der Waals surface area contributed by atoms with Gasteiger partial charge in [0.05, 0.1) is 12.5 Å². The number of rotatable bonds is 3. The van der Waals surface area contributed by atoms with Gasteiger partial charge in [0, 0.05) is 37.9 Å². The maximum atomic E-state index is 14.0. The minimum absolute atomic E-state index is 0.277. The van der Waals surface area contributed by atoms with Gasteiger partial charge >= 0.3 is 0 Å². The SMILES string of the molecule is COc1ccc(N2CCN(c3nc(C)nc4scc(C)c34)CC2)cc1F. The van der Waals surface area contributed by atoms with Crippen LogP contribution in [0.3, 0.4) is 0 Å². The van der Waals surface area contributed by atoms with Gasteiger partial charge in [-0.2, -0.15) is 0 Å². The summed E-state index contributed by atoms with van der Waals surface area (Å²) in [5, 5.41) is 3.29. The summed E-state index contributed by atoms with van der Waals surface area (Å²) in [6, 6.07) is 5.14. The van der Waals surface area contributed by atoms with E-state index in [0.717, 1.165) is 53.7 Å². The van der Waals surface area contributed by atoms with Crippen LogP contribution in [0, 0.1) is 19.7 Å². The quantitative estimate of drug-likeness (QED) is 0.700. The molecule has 0 unspecified atom stereocenters. The van der Waals surface area contributed by atoms with Gasteiger partial charge in [-0.15, -0.1) is 11.3 Å². The molecule has 0 aliphatic carbocycles. The summed E-state index contributed by atoms with van der Waals surface area (Å²) in [5.41, 5.74) is 2.11. The third kappa shape index (κ3) is 2.96. The number of anilines is 2. The highest BCUT2D eigenvalue weighted by atomic mass is 32.1. The maximum Gasteiger partial charge on any atom is 0.167 e. The third-order valence-electron chi connectivity index (χ3n) is 4.79. The lowest BCUT2D eigenvalue weighted by Crippen LogP contribution is -2.47. The number of ether oxygens (including phenoxy) is 1. The lowest BCUT2D eigenvalue weighted by atomic mass is 10.2. The van der Waals surface area contributed by atoms with Crippen LogP contribution in [0.15, 0.2) is 23.6 Å². The van der Waals surface area contributed by atoms with Gasteiger partial charge in [-0.1, -0.05) is 0 Å². The number of thiophene rings is 1. The average molecular weight is 372 g/mol. The van der Waals surface area contributed by atoms with Gasteiger partial charge in [0.1, 0.15) is 16.5 Å². The molecule has 1 aliphatic rings. The van der Waals surface area contributed by atoms with Crippen molar-refractivity contribution >= 4 is 33.1 Å². The number of fused-ring (bicyclic) bond motifs is 1. The maximum absolute atomic E-state index is 14.0. The molecule has 0 N–H and O–H groups in total. The first kappa shape index (κ1) is 17.0. The minimum Gasteiger partial charge on any atom is -0.494 e. The Balaban J connectivity index is 1.56. The molecule has 0 amide bonds. The molecule has 1 aliphatic heterocycles. The summed E-state index contributed by atoms with van der Waals surface area (Å²) in [6.45, 7) is 7.37. The van der Waals surface area contributed by atoms with Crippen molar-refractivity contribution in [3.8, 4) is 5.75 Å². The summed E-state index contributed by atoms with van der Waals surface area (Å²) < 4.78 is 19.0. The average Bonchev–Trinajstić information content (AvgIpc) is 3.02. The zero-order chi connectivity index (χ0) is 18.3. The van der Waals surface area contributed by atoms with Gasteiger partial charge in [0.25, 0.3) is 0 Å². The molecule has 4 rings (SSSR count). The van der Waals surface area contributed by atoms with Crippen LogP contribution < -0.4 is 14.5 Å². The fraction of sp³-hybridized carbons (Fsp3) is 0.368. The molecule has 0 bridgehead atoms. The second-order valence-electron chi connectivity index (χ2n) is 6.49.